The van der Waals surface area contributed by atoms with Gasteiger partial charge >= 0.3 is 5.97 Å². The summed E-state index contributed by atoms with van der Waals surface area (Å²) in [6.07, 6.45) is -2.92. The van der Waals surface area contributed by atoms with Crippen LogP contribution < -0.4 is 5.73 Å². The van der Waals surface area contributed by atoms with E-state index >= 15 is 0 Å². The van der Waals surface area contributed by atoms with Crippen molar-refractivity contribution in [2.75, 3.05) is 7.11 Å². The highest BCUT2D eigenvalue weighted by Gasteiger charge is 2.24. The third-order valence-corrected chi connectivity index (χ3v) is 2.11. The quantitative estimate of drug-likeness (QED) is 0.657. The first kappa shape index (κ1) is 12.8. The van der Waals surface area contributed by atoms with Crippen LogP contribution in [0.4, 0.5) is 8.78 Å². The predicted octanol–water partition coefficient (Wildman–Crippen LogP) is 1.92. The normalized spacial score (nSPS) is 10.6. The van der Waals surface area contributed by atoms with E-state index in [1.807, 2.05) is 0 Å². The maximum absolute atomic E-state index is 12.7. The number of hydrogen-bond donors (Lipinski definition) is 1. The number of nitrogens with two attached hydrogens (primary N) is 1. The van der Waals surface area contributed by atoms with Crippen LogP contribution in [0.5, 0.6) is 0 Å². The molecule has 2 N–H and O–H groups in total. The lowest BCUT2D eigenvalue weighted by molar-refractivity contribution is 0.0585. The average molecular weight is 251 g/mol. The molecule has 0 aliphatic heterocycles. The summed E-state index contributed by atoms with van der Waals surface area (Å²) in [6.45, 7) is -0.105. The summed E-state index contributed by atoms with van der Waals surface area (Å²) < 4.78 is 29.7. The standard InChI is InChI=1S/C9H9ClF2N2O2/c1-16-9(15)6-4(3-13)2-5(10)14-7(6)8(11)12/h2,8H,3,13H2,1H3. The number of aromatic nitrogens is 1. The van der Waals surface area contributed by atoms with E-state index in [0.717, 1.165) is 7.11 Å². The number of halogens is 3. The molecule has 0 aromatic carbocycles. The fourth-order valence-electron chi connectivity index (χ4n) is 1.24. The predicted molar refractivity (Wildman–Crippen MR) is 53.4 cm³/mol. The molecular weight excluding hydrogens is 242 g/mol. The zero-order valence-electron chi connectivity index (χ0n) is 8.34. The molecule has 0 saturated heterocycles. The van der Waals surface area contributed by atoms with E-state index in [1.165, 1.54) is 6.07 Å². The van der Waals surface area contributed by atoms with Crippen molar-refractivity contribution in [3.63, 3.8) is 0 Å². The first-order valence-electron chi connectivity index (χ1n) is 4.27. The number of alkyl halides is 2. The van der Waals surface area contributed by atoms with E-state index in [2.05, 4.69) is 9.72 Å². The Labute approximate surface area is 95.4 Å². The van der Waals surface area contributed by atoms with Gasteiger partial charge in [0, 0.05) is 6.54 Å². The zero-order valence-corrected chi connectivity index (χ0v) is 9.09. The van der Waals surface area contributed by atoms with E-state index in [1.54, 1.807) is 0 Å². The van der Waals surface area contributed by atoms with Crippen LogP contribution in [0.15, 0.2) is 6.07 Å². The smallest absolute Gasteiger partial charge is 0.340 e. The lowest BCUT2D eigenvalue weighted by atomic mass is 10.1. The Kier molecular flexibility index (Phi) is 4.14. The van der Waals surface area contributed by atoms with E-state index in [-0.39, 0.29) is 22.8 Å². The summed E-state index contributed by atoms with van der Waals surface area (Å²) in [5.41, 5.74) is 4.50. The zero-order chi connectivity index (χ0) is 12.3. The number of esters is 1. The van der Waals surface area contributed by atoms with Crippen LogP contribution in [0.1, 0.15) is 28.0 Å². The lowest BCUT2D eigenvalue weighted by Crippen LogP contribution is -2.14. The highest BCUT2D eigenvalue weighted by atomic mass is 35.5. The molecule has 0 aliphatic carbocycles. The number of methoxy groups -OCH3 is 1. The van der Waals surface area contributed by atoms with Gasteiger partial charge in [-0.25, -0.2) is 18.6 Å². The fourth-order valence-corrected chi connectivity index (χ4v) is 1.46. The number of carbonyl (C=O) groups excluding carboxylic acids is 1. The maximum atomic E-state index is 12.7. The molecule has 88 valence electrons. The number of pyridine rings is 1. The minimum absolute atomic E-state index is 0.105. The molecule has 4 nitrogen and oxygen atoms in total. The summed E-state index contributed by atoms with van der Waals surface area (Å²) in [4.78, 5) is 14.7. The van der Waals surface area contributed by atoms with Gasteiger partial charge in [0.2, 0.25) is 0 Å². The molecule has 0 radical (unpaired) electrons. The van der Waals surface area contributed by atoms with Crippen molar-refractivity contribution in [2.24, 2.45) is 5.73 Å². The van der Waals surface area contributed by atoms with Crippen LogP contribution in [0, 0.1) is 0 Å². The molecule has 16 heavy (non-hydrogen) atoms. The highest BCUT2D eigenvalue weighted by Crippen LogP contribution is 2.26. The van der Waals surface area contributed by atoms with Crippen LogP contribution in [-0.2, 0) is 11.3 Å². The summed E-state index contributed by atoms with van der Waals surface area (Å²) >= 11 is 5.54. The Morgan fingerprint density at radius 3 is 2.75 bits per heavy atom. The molecule has 7 heteroatoms. The van der Waals surface area contributed by atoms with Crippen molar-refractivity contribution in [3.05, 3.63) is 28.0 Å². The second-order valence-electron chi connectivity index (χ2n) is 2.86. The molecule has 1 aromatic rings. The van der Waals surface area contributed by atoms with Gasteiger partial charge in [0.05, 0.1) is 12.7 Å². The first-order chi connectivity index (χ1) is 7.51. The molecule has 0 aliphatic rings. The first-order valence-corrected chi connectivity index (χ1v) is 4.64. The van der Waals surface area contributed by atoms with Crippen LogP contribution in [0.2, 0.25) is 5.15 Å². The van der Waals surface area contributed by atoms with Gasteiger partial charge in [-0.05, 0) is 11.6 Å². The van der Waals surface area contributed by atoms with Crippen LogP contribution in [0.3, 0.4) is 0 Å². The summed E-state index contributed by atoms with van der Waals surface area (Å²) in [5, 5.41) is -0.136. The Morgan fingerprint density at radius 1 is 1.69 bits per heavy atom. The molecule has 0 atom stereocenters. The van der Waals surface area contributed by atoms with Gasteiger partial charge in [-0.2, -0.15) is 0 Å². The van der Waals surface area contributed by atoms with Gasteiger partial charge in [0.15, 0.2) is 0 Å². The molecule has 1 aromatic heterocycles. The van der Waals surface area contributed by atoms with E-state index in [4.69, 9.17) is 17.3 Å². The minimum atomic E-state index is -2.92. The van der Waals surface area contributed by atoms with Crippen LogP contribution >= 0.6 is 11.6 Å². The second kappa shape index (κ2) is 5.18. The van der Waals surface area contributed by atoms with E-state index < -0.39 is 18.1 Å². The number of nitrogens with zero attached hydrogens (tertiary/aromatic N) is 1. The Morgan fingerprint density at radius 2 is 2.31 bits per heavy atom. The third-order valence-electron chi connectivity index (χ3n) is 1.91. The highest BCUT2D eigenvalue weighted by molar-refractivity contribution is 6.29. The molecule has 1 rings (SSSR count). The topological polar surface area (TPSA) is 65.2 Å². The number of rotatable bonds is 3. The summed E-state index contributed by atoms with van der Waals surface area (Å²) in [5.74, 6) is -0.903. The third kappa shape index (κ3) is 2.45. The molecule has 1 heterocycles. The second-order valence-corrected chi connectivity index (χ2v) is 3.25. The fraction of sp³-hybridized carbons (Fsp3) is 0.333. The molecule has 0 unspecified atom stereocenters. The molecule has 0 saturated carbocycles. The Bertz CT molecular complexity index is 413. The Balaban J connectivity index is 3.45. The monoisotopic (exact) mass is 250 g/mol. The van der Waals surface area contributed by atoms with E-state index in [0.29, 0.717) is 0 Å². The maximum Gasteiger partial charge on any atom is 0.340 e. The summed E-state index contributed by atoms with van der Waals surface area (Å²) in [6, 6.07) is 1.26. The molecule has 0 fully saturated rings. The van der Waals surface area contributed by atoms with Gasteiger partial charge in [-0.15, -0.1) is 0 Å². The number of carbonyl (C=O) groups is 1. The molecule has 0 spiro atoms. The SMILES string of the molecule is COC(=O)c1c(CN)cc(Cl)nc1C(F)F. The summed E-state index contributed by atoms with van der Waals surface area (Å²) in [7, 11) is 1.09. The van der Waals surface area contributed by atoms with Crippen molar-refractivity contribution in [1.82, 2.24) is 4.98 Å². The van der Waals surface area contributed by atoms with Gasteiger partial charge in [0.1, 0.15) is 10.8 Å². The Hall–Kier alpha value is -1.27. The van der Waals surface area contributed by atoms with E-state index in [9.17, 15) is 13.6 Å². The van der Waals surface area contributed by atoms with Gasteiger partial charge < -0.3 is 10.5 Å². The van der Waals surface area contributed by atoms with Crippen molar-refractivity contribution < 1.29 is 18.3 Å². The molecule has 0 amide bonds. The van der Waals surface area contributed by atoms with Crippen molar-refractivity contribution in [3.8, 4) is 0 Å². The number of hydrogen-bond acceptors (Lipinski definition) is 4. The minimum Gasteiger partial charge on any atom is -0.465 e. The lowest BCUT2D eigenvalue weighted by Gasteiger charge is -2.11. The average Bonchev–Trinajstić information content (AvgIpc) is 2.26. The largest absolute Gasteiger partial charge is 0.465 e. The van der Waals surface area contributed by atoms with Gasteiger partial charge in [-0.3, -0.25) is 0 Å². The van der Waals surface area contributed by atoms with Crippen LogP contribution in [-0.4, -0.2) is 18.1 Å². The molecule has 0 bridgehead atoms. The number of ether oxygens (including phenoxy) is 1. The molecular formula is C9H9ClF2N2O2. The van der Waals surface area contributed by atoms with Crippen molar-refractivity contribution in [2.45, 2.75) is 13.0 Å². The van der Waals surface area contributed by atoms with Crippen LogP contribution in [0.25, 0.3) is 0 Å². The van der Waals surface area contributed by atoms with Gasteiger partial charge in [-0.1, -0.05) is 11.6 Å². The van der Waals surface area contributed by atoms with Gasteiger partial charge in [0.25, 0.3) is 6.43 Å². The van der Waals surface area contributed by atoms with Crippen molar-refractivity contribution >= 4 is 17.6 Å². The van der Waals surface area contributed by atoms with Crippen molar-refractivity contribution in [1.29, 1.82) is 0 Å².